The topological polar surface area (TPSA) is 59.3 Å². The molecule has 0 aliphatic carbocycles. The molecule has 0 amide bonds. The molecule has 0 atom stereocenters. The average Bonchev–Trinajstić information content (AvgIpc) is 2.33. The van der Waals surface area contributed by atoms with Gasteiger partial charge in [0.2, 0.25) is 0 Å². The number of carbonyl (C=O) groups is 1. The minimum atomic E-state index is -4.86. The smallest absolute Gasteiger partial charge is 0.466 e. The molecule has 4 nitrogen and oxygen atoms in total. The van der Waals surface area contributed by atoms with Gasteiger partial charge in [-0.3, -0.25) is 4.79 Å². The van der Waals surface area contributed by atoms with Gasteiger partial charge in [-0.1, -0.05) is 0 Å². The Bertz CT molecular complexity index is 552. The van der Waals surface area contributed by atoms with Crippen molar-refractivity contribution in [1.29, 1.82) is 5.26 Å². The lowest BCUT2D eigenvalue weighted by atomic mass is 10.1. The van der Waals surface area contributed by atoms with Crippen LogP contribution in [0.15, 0.2) is 16.6 Å². The molecule has 0 N–H and O–H groups in total. The van der Waals surface area contributed by atoms with E-state index in [1.807, 2.05) is 0 Å². The largest absolute Gasteiger partial charge is 0.573 e. The Morgan fingerprint density at radius 3 is 2.60 bits per heavy atom. The average molecular weight is 352 g/mol. The molecule has 1 rings (SSSR count). The van der Waals surface area contributed by atoms with Gasteiger partial charge in [-0.2, -0.15) is 5.26 Å². The molecule has 108 valence electrons. The second kappa shape index (κ2) is 6.61. The van der Waals surface area contributed by atoms with E-state index in [-0.39, 0.29) is 28.6 Å². The third-order valence-corrected chi connectivity index (χ3v) is 3.05. The standard InChI is InChI=1S/C12H9BrF3NO3/c1-2-19-10(18)5-8-7(6-17)3-4-9(11(8)13)20-12(14,15)16/h3-4H,2,5H2,1H3. The first-order valence-electron chi connectivity index (χ1n) is 5.41. The van der Waals surface area contributed by atoms with Gasteiger partial charge >= 0.3 is 12.3 Å². The summed E-state index contributed by atoms with van der Waals surface area (Å²) in [5.74, 6) is -1.16. The van der Waals surface area contributed by atoms with E-state index in [0.29, 0.717) is 0 Å². The van der Waals surface area contributed by atoms with Crippen molar-refractivity contribution in [3.63, 3.8) is 0 Å². The number of hydrogen-bond acceptors (Lipinski definition) is 4. The number of halogens is 4. The fraction of sp³-hybridized carbons (Fsp3) is 0.333. The molecule has 0 saturated carbocycles. The van der Waals surface area contributed by atoms with Crippen LogP contribution in [0, 0.1) is 11.3 Å². The minimum Gasteiger partial charge on any atom is -0.466 e. The fourth-order valence-electron chi connectivity index (χ4n) is 1.44. The lowest BCUT2D eigenvalue weighted by Gasteiger charge is -2.14. The Hall–Kier alpha value is -1.75. The van der Waals surface area contributed by atoms with Gasteiger partial charge in [-0.25, -0.2) is 0 Å². The molecule has 0 spiro atoms. The number of hydrogen-bond donors (Lipinski definition) is 0. The van der Waals surface area contributed by atoms with Crippen molar-refractivity contribution in [2.24, 2.45) is 0 Å². The van der Waals surface area contributed by atoms with Crippen LogP contribution < -0.4 is 4.74 Å². The lowest BCUT2D eigenvalue weighted by Crippen LogP contribution is -2.18. The van der Waals surface area contributed by atoms with E-state index in [4.69, 9.17) is 10.00 Å². The van der Waals surface area contributed by atoms with Crippen molar-refractivity contribution in [2.75, 3.05) is 6.61 Å². The zero-order chi connectivity index (χ0) is 15.3. The summed E-state index contributed by atoms with van der Waals surface area (Å²) in [5.41, 5.74) is 0.159. The molecule has 0 saturated heterocycles. The second-order valence-corrected chi connectivity index (χ2v) is 4.34. The van der Waals surface area contributed by atoms with Crippen LogP contribution in [0.4, 0.5) is 13.2 Å². The highest BCUT2D eigenvalue weighted by Crippen LogP contribution is 2.35. The molecule has 20 heavy (non-hydrogen) atoms. The van der Waals surface area contributed by atoms with E-state index in [0.717, 1.165) is 12.1 Å². The molecule has 0 aliphatic heterocycles. The minimum absolute atomic E-state index is 0.0689. The molecule has 0 fully saturated rings. The third kappa shape index (κ3) is 4.42. The molecule has 0 aromatic heterocycles. The van der Waals surface area contributed by atoms with E-state index in [1.165, 1.54) is 0 Å². The van der Waals surface area contributed by atoms with Crippen LogP contribution in [0.3, 0.4) is 0 Å². The van der Waals surface area contributed by atoms with Crippen LogP contribution in [0.25, 0.3) is 0 Å². The molecule has 0 bridgehead atoms. The number of carbonyl (C=O) groups excluding carboxylic acids is 1. The molecule has 0 aliphatic rings. The number of ether oxygens (including phenoxy) is 2. The van der Waals surface area contributed by atoms with Crippen molar-refractivity contribution < 1.29 is 27.4 Å². The second-order valence-electron chi connectivity index (χ2n) is 3.55. The van der Waals surface area contributed by atoms with E-state index in [2.05, 4.69) is 20.7 Å². The van der Waals surface area contributed by atoms with Crippen molar-refractivity contribution in [2.45, 2.75) is 19.7 Å². The summed E-state index contributed by atoms with van der Waals surface area (Å²) in [6.07, 6.45) is -5.19. The highest BCUT2D eigenvalue weighted by atomic mass is 79.9. The lowest BCUT2D eigenvalue weighted by molar-refractivity contribution is -0.274. The maximum Gasteiger partial charge on any atom is 0.573 e. The van der Waals surface area contributed by atoms with E-state index in [1.54, 1.807) is 13.0 Å². The summed E-state index contributed by atoms with van der Waals surface area (Å²) in [6.45, 7) is 1.73. The van der Waals surface area contributed by atoms with Crippen LogP contribution in [0.5, 0.6) is 5.75 Å². The fourth-order valence-corrected chi connectivity index (χ4v) is 2.00. The van der Waals surface area contributed by atoms with Crippen molar-refractivity contribution in [3.8, 4) is 11.8 Å². The van der Waals surface area contributed by atoms with Gasteiger partial charge in [0.15, 0.2) is 0 Å². The first kappa shape index (κ1) is 16.3. The molecule has 0 radical (unpaired) electrons. The Labute approximate surface area is 121 Å². The Kier molecular flexibility index (Phi) is 5.39. The zero-order valence-corrected chi connectivity index (χ0v) is 11.8. The summed E-state index contributed by atoms with van der Waals surface area (Å²) >= 11 is 2.92. The van der Waals surface area contributed by atoms with Crippen LogP contribution >= 0.6 is 15.9 Å². The maximum atomic E-state index is 12.2. The summed E-state index contributed by atoms with van der Waals surface area (Å²) in [6, 6.07) is 3.96. The third-order valence-electron chi connectivity index (χ3n) is 2.18. The molecule has 0 unspecified atom stereocenters. The summed E-state index contributed by atoms with van der Waals surface area (Å²) < 4.78 is 45.1. The van der Waals surface area contributed by atoms with Crippen molar-refractivity contribution in [1.82, 2.24) is 0 Å². The quantitative estimate of drug-likeness (QED) is 0.780. The Morgan fingerprint density at radius 2 is 2.10 bits per heavy atom. The number of nitriles is 1. The van der Waals surface area contributed by atoms with E-state index >= 15 is 0 Å². The van der Waals surface area contributed by atoms with Crippen LogP contribution in [-0.2, 0) is 16.0 Å². The van der Waals surface area contributed by atoms with Gasteiger partial charge in [-0.15, -0.1) is 13.2 Å². The predicted octanol–water partition coefficient (Wildman–Crippen LogP) is 3.32. The highest BCUT2D eigenvalue weighted by molar-refractivity contribution is 9.10. The van der Waals surface area contributed by atoms with Gasteiger partial charge in [0.1, 0.15) is 5.75 Å². The molecule has 1 aromatic rings. The normalized spacial score (nSPS) is 10.8. The number of benzene rings is 1. The number of nitrogens with zero attached hydrogens (tertiary/aromatic N) is 1. The van der Waals surface area contributed by atoms with Gasteiger partial charge < -0.3 is 9.47 Å². The summed E-state index contributed by atoms with van der Waals surface area (Å²) in [7, 11) is 0. The van der Waals surface area contributed by atoms with E-state index < -0.39 is 18.1 Å². The first-order chi connectivity index (χ1) is 9.28. The summed E-state index contributed by atoms with van der Waals surface area (Å²) in [4.78, 5) is 11.4. The maximum absolute atomic E-state index is 12.2. The number of esters is 1. The Balaban J connectivity index is 3.16. The van der Waals surface area contributed by atoms with Crippen LogP contribution in [0.1, 0.15) is 18.1 Å². The van der Waals surface area contributed by atoms with Gasteiger partial charge in [0.25, 0.3) is 0 Å². The zero-order valence-electron chi connectivity index (χ0n) is 10.3. The van der Waals surface area contributed by atoms with Gasteiger partial charge in [-0.05, 0) is 40.5 Å². The monoisotopic (exact) mass is 351 g/mol. The van der Waals surface area contributed by atoms with Gasteiger partial charge in [0, 0.05) is 0 Å². The van der Waals surface area contributed by atoms with Gasteiger partial charge in [0.05, 0.1) is 29.1 Å². The Morgan fingerprint density at radius 1 is 1.45 bits per heavy atom. The molecule has 8 heteroatoms. The molecule has 1 aromatic carbocycles. The van der Waals surface area contributed by atoms with Crippen molar-refractivity contribution in [3.05, 3.63) is 27.7 Å². The first-order valence-corrected chi connectivity index (χ1v) is 6.20. The SMILES string of the molecule is CCOC(=O)Cc1c(C#N)ccc(OC(F)(F)F)c1Br. The molecular formula is C12H9BrF3NO3. The molecular weight excluding hydrogens is 343 g/mol. The predicted molar refractivity (Wildman–Crippen MR) is 65.9 cm³/mol. The number of rotatable bonds is 4. The van der Waals surface area contributed by atoms with Crippen LogP contribution in [0.2, 0.25) is 0 Å². The highest BCUT2D eigenvalue weighted by Gasteiger charge is 2.32. The van der Waals surface area contributed by atoms with Crippen molar-refractivity contribution >= 4 is 21.9 Å². The van der Waals surface area contributed by atoms with Crippen LogP contribution in [-0.4, -0.2) is 18.9 Å². The summed E-state index contributed by atoms with van der Waals surface area (Å²) in [5, 5.41) is 8.92. The molecule has 0 heterocycles. The number of alkyl halides is 3. The van der Waals surface area contributed by atoms with E-state index in [9.17, 15) is 18.0 Å².